The number of halogens is 4. The quantitative estimate of drug-likeness (QED) is 0.626. The summed E-state index contributed by atoms with van der Waals surface area (Å²) in [5.41, 5.74) is -0.591. The molecule has 0 aliphatic carbocycles. The molecule has 1 fully saturated rings. The monoisotopic (exact) mass is 276 g/mol. The topological polar surface area (TPSA) is 15.3 Å². The average molecular weight is 276 g/mol. The van der Waals surface area contributed by atoms with Crippen LogP contribution in [0.1, 0.15) is 13.3 Å². The van der Waals surface area contributed by atoms with Gasteiger partial charge in [-0.15, -0.1) is 0 Å². The Bertz CT molecular complexity index is 438. The summed E-state index contributed by atoms with van der Waals surface area (Å²) in [6.07, 6.45) is 0.656. The molecule has 19 heavy (non-hydrogen) atoms. The van der Waals surface area contributed by atoms with Crippen molar-refractivity contribution in [1.82, 2.24) is 5.32 Å². The van der Waals surface area contributed by atoms with Crippen LogP contribution in [0.25, 0.3) is 0 Å². The van der Waals surface area contributed by atoms with Gasteiger partial charge >= 0.3 is 0 Å². The molecule has 1 atom stereocenters. The minimum atomic E-state index is -1.36. The molecule has 1 saturated heterocycles. The Balaban J connectivity index is 2.38. The summed E-state index contributed by atoms with van der Waals surface area (Å²) in [7, 11) is 0. The molecule has 1 aromatic carbocycles. The van der Waals surface area contributed by atoms with Crippen molar-refractivity contribution in [2.24, 2.45) is 5.92 Å². The highest BCUT2D eigenvalue weighted by Crippen LogP contribution is 2.28. The van der Waals surface area contributed by atoms with E-state index in [0.29, 0.717) is 32.6 Å². The van der Waals surface area contributed by atoms with E-state index in [1.54, 1.807) is 0 Å². The van der Waals surface area contributed by atoms with Crippen molar-refractivity contribution in [3.05, 3.63) is 29.3 Å². The van der Waals surface area contributed by atoms with Crippen LogP contribution < -0.4 is 10.2 Å². The fourth-order valence-corrected chi connectivity index (χ4v) is 2.32. The van der Waals surface area contributed by atoms with Gasteiger partial charge in [-0.1, -0.05) is 6.92 Å². The zero-order chi connectivity index (χ0) is 14.0. The van der Waals surface area contributed by atoms with Crippen LogP contribution in [-0.2, 0) is 0 Å². The van der Waals surface area contributed by atoms with Gasteiger partial charge in [0.1, 0.15) is 5.69 Å². The third-order valence-corrected chi connectivity index (χ3v) is 3.21. The molecule has 0 spiro atoms. The van der Waals surface area contributed by atoms with Gasteiger partial charge in [0.25, 0.3) is 0 Å². The maximum Gasteiger partial charge on any atom is 0.185 e. The summed E-state index contributed by atoms with van der Waals surface area (Å²) < 4.78 is 54.0. The Hall–Kier alpha value is -1.30. The predicted molar refractivity (Wildman–Crippen MR) is 65.1 cm³/mol. The molecule has 106 valence electrons. The molecule has 2 nitrogen and oxygen atoms in total. The molecule has 0 saturated carbocycles. The molecular formula is C13H16F4N2. The highest BCUT2D eigenvalue weighted by molar-refractivity contribution is 5.50. The number of anilines is 1. The standard InChI is InChI=1S/C13H16F4N2/c1-8-6-18-3-2-4-19(7-8)13-11(16)9(14)5-10(15)12(13)17/h5,8,18H,2-4,6-7H2,1H3. The van der Waals surface area contributed by atoms with Crippen LogP contribution in [0.15, 0.2) is 6.07 Å². The number of nitrogens with one attached hydrogen (secondary N) is 1. The molecule has 1 aromatic rings. The highest BCUT2D eigenvalue weighted by Gasteiger charge is 2.25. The summed E-state index contributed by atoms with van der Waals surface area (Å²) in [5.74, 6) is -5.23. The minimum Gasteiger partial charge on any atom is -0.366 e. The van der Waals surface area contributed by atoms with Gasteiger partial charge in [-0.25, -0.2) is 17.6 Å². The van der Waals surface area contributed by atoms with Crippen molar-refractivity contribution in [3.63, 3.8) is 0 Å². The van der Waals surface area contributed by atoms with E-state index in [2.05, 4.69) is 5.32 Å². The second-order valence-electron chi connectivity index (χ2n) is 4.93. The lowest BCUT2D eigenvalue weighted by atomic mass is 10.1. The van der Waals surface area contributed by atoms with E-state index in [1.807, 2.05) is 6.92 Å². The van der Waals surface area contributed by atoms with Gasteiger partial charge in [0.05, 0.1) is 0 Å². The molecule has 1 aliphatic heterocycles. The SMILES string of the molecule is CC1CNCCCN(c2c(F)c(F)cc(F)c2F)C1. The second kappa shape index (κ2) is 5.77. The van der Waals surface area contributed by atoms with E-state index < -0.39 is 29.0 Å². The molecule has 2 rings (SSSR count). The van der Waals surface area contributed by atoms with Crippen molar-refractivity contribution in [1.29, 1.82) is 0 Å². The van der Waals surface area contributed by atoms with Crippen LogP contribution >= 0.6 is 0 Å². The first-order valence-electron chi connectivity index (χ1n) is 6.29. The maximum absolute atomic E-state index is 13.7. The van der Waals surface area contributed by atoms with Gasteiger partial charge in [-0.05, 0) is 25.4 Å². The van der Waals surface area contributed by atoms with E-state index in [4.69, 9.17) is 0 Å². The summed E-state index contributed by atoms with van der Waals surface area (Å²) >= 11 is 0. The van der Waals surface area contributed by atoms with Crippen LogP contribution in [0, 0.1) is 29.2 Å². The molecule has 1 unspecified atom stereocenters. The normalized spacial score (nSPS) is 21.1. The molecular weight excluding hydrogens is 260 g/mol. The summed E-state index contributed by atoms with van der Waals surface area (Å²) in [6.45, 7) is 4.04. The second-order valence-corrected chi connectivity index (χ2v) is 4.93. The van der Waals surface area contributed by atoms with Crippen molar-refractivity contribution >= 4 is 5.69 Å². The number of hydrogen-bond acceptors (Lipinski definition) is 2. The number of nitrogens with zero attached hydrogens (tertiary/aromatic N) is 1. The van der Waals surface area contributed by atoms with E-state index >= 15 is 0 Å². The van der Waals surface area contributed by atoms with Gasteiger partial charge in [-0.2, -0.15) is 0 Å². The van der Waals surface area contributed by atoms with Gasteiger partial charge < -0.3 is 10.2 Å². The van der Waals surface area contributed by atoms with E-state index in [9.17, 15) is 17.6 Å². The van der Waals surface area contributed by atoms with E-state index in [-0.39, 0.29) is 12.0 Å². The van der Waals surface area contributed by atoms with Gasteiger partial charge in [0.15, 0.2) is 23.3 Å². The Morgan fingerprint density at radius 2 is 1.79 bits per heavy atom. The first-order chi connectivity index (χ1) is 9.00. The van der Waals surface area contributed by atoms with Gasteiger partial charge in [-0.3, -0.25) is 0 Å². The first-order valence-corrected chi connectivity index (χ1v) is 6.29. The van der Waals surface area contributed by atoms with Crippen LogP contribution in [0.4, 0.5) is 23.2 Å². The summed E-state index contributed by atoms with van der Waals surface area (Å²) in [5, 5.41) is 3.20. The van der Waals surface area contributed by atoms with E-state index in [0.717, 1.165) is 0 Å². The maximum atomic E-state index is 13.7. The molecule has 1 N–H and O–H groups in total. The third kappa shape index (κ3) is 3.00. The van der Waals surface area contributed by atoms with Gasteiger partial charge in [0, 0.05) is 19.2 Å². The molecule has 0 amide bonds. The predicted octanol–water partition coefficient (Wildman–Crippen LogP) is 2.68. The summed E-state index contributed by atoms with van der Waals surface area (Å²) in [6, 6.07) is 0.239. The molecule has 6 heteroatoms. The van der Waals surface area contributed by atoms with E-state index in [1.165, 1.54) is 4.90 Å². The first kappa shape index (κ1) is 14.1. The molecule has 1 aliphatic rings. The van der Waals surface area contributed by atoms with Crippen molar-refractivity contribution in [2.45, 2.75) is 13.3 Å². The van der Waals surface area contributed by atoms with Crippen LogP contribution in [0.3, 0.4) is 0 Å². The van der Waals surface area contributed by atoms with Gasteiger partial charge in [0.2, 0.25) is 0 Å². The summed E-state index contributed by atoms with van der Waals surface area (Å²) in [4.78, 5) is 1.39. The third-order valence-electron chi connectivity index (χ3n) is 3.21. The molecule has 0 bridgehead atoms. The molecule has 0 aromatic heterocycles. The lowest BCUT2D eigenvalue weighted by molar-refractivity contribution is 0.430. The van der Waals surface area contributed by atoms with Crippen molar-refractivity contribution in [3.8, 4) is 0 Å². The number of hydrogen-bond donors (Lipinski definition) is 1. The minimum absolute atomic E-state index is 0.130. The van der Waals surface area contributed by atoms with Crippen LogP contribution in [0.5, 0.6) is 0 Å². The fraction of sp³-hybridized carbons (Fsp3) is 0.538. The fourth-order valence-electron chi connectivity index (χ4n) is 2.32. The lowest BCUT2D eigenvalue weighted by Crippen LogP contribution is -2.39. The Morgan fingerprint density at radius 3 is 2.42 bits per heavy atom. The van der Waals surface area contributed by atoms with Crippen molar-refractivity contribution < 1.29 is 17.6 Å². The zero-order valence-electron chi connectivity index (χ0n) is 10.6. The molecule has 0 radical (unpaired) electrons. The highest BCUT2D eigenvalue weighted by atomic mass is 19.2. The molecule has 1 heterocycles. The van der Waals surface area contributed by atoms with Crippen LogP contribution in [-0.4, -0.2) is 26.2 Å². The average Bonchev–Trinajstić information content (AvgIpc) is 2.33. The lowest BCUT2D eigenvalue weighted by Gasteiger charge is -2.31. The van der Waals surface area contributed by atoms with Crippen LogP contribution in [0.2, 0.25) is 0 Å². The Kier molecular flexibility index (Phi) is 4.29. The Morgan fingerprint density at radius 1 is 1.16 bits per heavy atom. The Labute approximate surface area is 109 Å². The number of rotatable bonds is 1. The number of benzene rings is 1. The smallest absolute Gasteiger partial charge is 0.185 e. The zero-order valence-corrected chi connectivity index (χ0v) is 10.6. The largest absolute Gasteiger partial charge is 0.366 e. The van der Waals surface area contributed by atoms with Crippen molar-refractivity contribution in [2.75, 3.05) is 31.1 Å².